The van der Waals surface area contributed by atoms with Crippen LogP contribution in [0.1, 0.15) is 37.3 Å². The van der Waals surface area contributed by atoms with Crippen molar-refractivity contribution in [1.29, 1.82) is 0 Å². The van der Waals surface area contributed by atoms with Crippen LogP contribution in [0.4, 0.5) is 9.59 Å². The van der Waals surface area contributed by atoms with Gasteiger partial charge >= 0.3 is 12.2 Å². The minimum atomic E-state index is -0.798. The normalized spacial score (nSPS) is 11.4. The van der Waals surface area contributed by atoms with Crippen molar-refractivity contribution in [2.45, 2.75) is 45.5 Å². The van der Waals surface area contributed by atoms with Gasteiger partial charge in [0.25, 0.3) is 0 Å². The minimum Gasteiger partial charge on any atom is -0.443 e. The van der Waals surface area contributed by atoms with Crippen molar-refractivity contribution in [2.75, 3.05) is 6.54 Å². The van der Waals surface area contributed by atoms with Crippen LogP contribution >= 0.6 is 0 Å². The molecule has 1 unspecified atom stereocenters. The van der Waals surface area contributed by atoms with Gasteiger partial charge in [0.05, 0.1) is 12.6 Å². The van der Waals surface area contributed by atoms with Crippen molar-refractivity contribution in [3.8, 4) is 0 Å². The van der Waals surface area contributed by atoms with Gasteiger partial charge in [0.1, 0.15) is 13.2 Å². The van der Waals surface area contributed by atoms with Gasteiger partial charge in [0.15, 0.2) is 0 Å². The summed E-state index contributed by atoms with van der Waals surface area (Å²) in [6.45, 7) is 2.05. The zero-order valence-electron chi connectivity index (χ0n) is 16.6. The molecule has 2 amide bonds. The first kappa shape index (κ1) is 22.2. The quantitative estimate of drug-likeness (QED) is 0.621. The number of rotatable bonds is 9. The first-order valence-electron chi connectivity index (χ1n) is 9.72. The van der Waals surface area contributed by atoms with Crippen molar-refractivity contribution in [1.82, 2.24) is 10.4 Å². The van der Waals surface area contributed by atoms with Crippen LogP contribution in [0.2, 0.25) is 0 Å². The molecule has 0 aliphatic rings. The van der Waals surface area contributed by atoms with Crippen LogP contribution in [0, 0.1) is 0 Å². The molecule has 2 N–H and O–H groups in total. The molecule has 0 saturated carbocycles. The van der Waals surface area contributed by atoms with E-state index in [-0.39, 0.29) is 19.8 Å². The lowest BCUT2D eigenvalue weighted by Gasteiger charge is -2.24. The summed E-state index contributed by atoms with van der Waals surface area (Å²) >= 11 is 0. The van der Waals surface area contributed by atoms with Crippen LogP contribution in [0.25, 0.3) is 0 Å². The van der Waals surface area contributed by atoms with Crippen molar-refractivity contribution in [2.24, 2.45) is 0 Å². The molecular weight excluding hydrogens is 372 g/mol. The maximum absolute atomic E-state index is 12.5. The van der Waals surface area contributed by atoms with Gasteiger partial charge in [0, 0.05) is 0 Å². The average Bonchev–Trinajstić information content (AvgIpc) is 2.75. The highest BCUT2D eigenvalue weighted by molar-refractivity contribution is 5.74. The molecule has 0 fully saturated rings. The molecule has 0 spiro atoms. The standard InChI is InChI=1S/C22H28N2O5/c1-2-3-14-20(25)15-24(22(27)29-17-19-12-8-5-9-13-19)23-21(26)28-16-18-10-6-4-7-11-18/h4-13,20,25H,2-3,14-17H2,1H3,(H,23,26). The molecule has 2 aromatic carbocycles. The molecule has 0 aliphatic carbocycles. The van der Waals surface area contributed by atoms with E-state index in [1.54, 1.807) is 0 Å². The largest absolute Gasteiger partial charge is 0.443 e. The fourth-order valence-corrected chi connectivity index (χ4v) is 2.57. The van der Waals surface area contributed by atoms with Crippen molar-refractivity contribution in [3.05, 3.63) is 71.8 Å². The topological polar surface area (TPSA) is 88.1 Å². The lowest BCUT2D eigenvalue weighted by atomic mass is 10.1. The summed E-state index contributed by atoms with van der Waals surface area (Å²) in [6.07, 6.45) is -0.100. The Morgan fingerprint density at radius 1 is 0.966 bits per heavy atom. The van der Waals surface area contributed by atoms with Gasteiger partial charge < -0.3 is 14.6 Å². The maximum Gasteiger partial charge on any atom is 0.429 e. The average molecular weight is 400 g/mol. The Bertz CT molecular complexity index is 739. The fraction of sp³-hybridized carbons (Fsp3) is 0.364. The predicted octanol–water partition coefficient (Wildman–Crippen LogP) is 4.02. The molecule has 0 radical (unpaired) electrons. The summed E-state index contributed by atoms with van der Waals surface area (Å²) in [7, 11) is 0. The van der Waals surface area contributed by atoms with E-state index in [2.05, 4.69) is 5.43 Å². The Balaban J connectivity index is 1.91. The molecule has 0 aliphatic heterocycles. The summed E-state index contributed by atoms with van der Waals surface area (Å²) in [5, 5.41) is 11.1. The number of ether oxygens (including phenoxy) is 2. The maximum atomic E-state index is 12.5. The molecule has 156 valence electrons. The van der Waals surface area contributed by atoms with E-state index in [0.717, 1.165) is 29.0 Å². The molecule has 0 heterocycles. The zero-order chi connectivity index (χ0) is 20.9. The van der Waals surface area contributed by atoms with Crippen LogP contribution in [0.15, 0.2) is 60.7 Å². The molecule has 2 aromatic rings. The molecule has 0 bridgehead atoms. The molecule has 7 nitrogen and oxygen atoms in total. The Morgan fingerprint density at radius 3 is 2.07 bits per heavy atom. The van der Waals surface area contributed by atoms with Crippen LogP contribution in [0.3, 0.4) is 0 Å². The van der Waals surface area contributed by atoms with Crippen molar-refractivity contribution in [3.63, 3.8) is 0 Å². The van der Waals surface area contributed by atoms with Gasteiger partial charge in [-0.3, -0.25) is 0 Å². The van der Waals surface area contributed by atoms with Gasteiger partial charge in [-0.15, -0.1) is 0 Å². The molecule has 29 heavy (non-hydrogen) atoms. The third-order valence-corrected chi connectivity index (χ3v) is 4.15. The van der Waals surface area contributed by atoms with Gasteiger partial charge in [-0.25, -0.2) is 20.0 Å². The summed E-state index contributed by atoms with van der Waals surface area (Å²) in [6, 6.07) is 18.4. The number of benzene rings is 2. The highest BCUT2D eigenvalue weighted by Crippen LogP contribution is 2.07. The Labute approximate surface area is 171 Å². The molecule has 1 atom stereocenters. The first-order chi connectivity index (χ1) is 14.1. The molecule has 0 aromatic heterocycles. The van der Waals surface area contributed by atoms with Crippen LogP contribution < -0.4 is 5.43 Å². The van der Waals surface area contributed by atoms with Crippen LogP contribution in [-0.2, 0) is 22.7 Å². The summed E-state index contributed by atoms with van der Waals surface area (Å²) in [4.78, 5) is 24.6. The number of carbonyl (C=O) groups is 2. The van der Waals surface area contributed by atoms with Crippen molar-refractivity contribution < 1.29 is 24.2 Å². The molecule has 0 saturated heterocycles. The van der Waals surface area contributed by atoms with Gasteiger partial charge in [-0.2, -0.15) is 0 Å². The second kappa shape index (κ2) is 12.4. The summed E-state index contributed by atoms with van der Waals surface area (Å²) in [5.41, 5.74) is 4.01. The van der Waals surface area contributed by atoms with E-state index in [9.17, 15) is 14.7 Å². The smallest absolute Gasteiger partial charge is 0.429 e. The highest BCUT2D eigenvalue weighted by atomic mass is 16.6. The molecule has 7 heteroatoms. The van der Waals surface area contributed by atoms with E-state index in [0.29, 0.717) is 6.42 Å². The number of hydrogen-bond donors (Lipinski definition) is 2. The second-order valence-electron chi connectivity index (χ2n) is 6.62. The zero-order valence-corrected chi connectivity index (χ0v) is 16.6. The lowest BCUT2D eigenvalue weighted by Crippen LogP contribution is -2.49. The lowest BCUT2D eigenvalue weighted by molar-refractivity contribution is 0.0381. The number of nitrogens with one attached hydrogen (secondary N) is 1. The van der Waals surface area contributed by atoms with E-state index in [4.69, 9.17) is 9.47 Å². The van der Waals surface area contributed by atoms with Gasteiger partial charge in [-0.05, 0) is 17.5 Å². The van der Waals surface area contributed by atoms with Crippen molar-refractivity contribution >= 4 is 12.2 Å². The first-order valence-corrected chi connectivity index (χ1v) is 9.72. The Morgan fingerprint density at radius 2 is 1.52 bits per heavy atom. The number of amides is 2. The monoisotopic (exact) mass is 400 g/mol. The number of carbonyl (C=O) groups excluding carboxylic acids is 2. The van der Waals surface area contributed by atoms with Gasteiger partial charge in [0.2, 0.25) is 0 Å². The molecule has 2 rings (SSSR count). The van der Waals surface area contributed by atoms with E-state index < -0.39 is 18.3 Å². The second-order valence-corrected chi connectivity index (χ2v) is 6.62. The number of nitrogens with zero attached hydrogens (tertiary/aromatic N) is 1. The van der Waals surface area contributed by atoms with Crippen LogP contribution in [0.5, 0.6) is 0 Å². The van der Waals surface area contributed by atoms with Gasteiger partial charge in [-0.1, -0.05) is 80.4 Å². The number of aliphatic hydroxyl groups is 1. The highest BCUT2D eigenvalue weighted by Gasteiger charge is 2.22. The third kappa shape index (κ3) is 8.66. The van der Waals surface area contributed by atoms with Crippen LogP contribution in [-0.4, -0.2) is 35.0 Å². The summed E-state index contributed by atoms with van der Waals surface area (Å²) in [5.74, 6) is 0. The third-order valence-electron chi connectivity index (χ3n) is 4.15. The summed E-state index contributed by atoms with van der Waals surface area (Å²) < 4.78 is 10.4. The number of aliphatic hydroxyl groups excluding tert-OH is 1. The van der Waals surface area contributed by atoms with E-state index in [1.807, 2.05) is 67.6 Å². The fourth-order valence-electron chi connectivity index (χ4n) is 2.57. The SMILES string of the molecule is CCCCC(O)CN(NC(=O)OCc1ccccc1)C(=O)OCc1ccccc1. The Hall–Kier alpha value is -3.06. The Kier molecular flexibility index (Phi) is 9.51. The number of hydrazine groups is 1. The minimum absolute atomic E-state index is 0.0575. The number of hydrogen-bond acceptors (Lipinski definition) is 5. The molecular formula is C22H28N2O5. The van der Waals surface area contributed by atoms with E-state index in [1.165, 1.54) is 0 Å². The predicted molar refractivity (Wildman–Crippen MR) is 109 cm³/mol. The number of unbranched alkanes of at least 4 members (excludes halogenated alkanes) is 1. The van der Waals surface area contributed by atoms with E-state index >= 15 is 0 Å².